The molecule has 1 saturated heterocycles. The van der Waals surface area contributed by atoms with Gasteiger partial charge in [-0.1, -0.05) is 6.92 Å². The molecule has 0 atom stereocenters. The molecule has 0 saturated carbocycles. The molecule has 1 fully saturated rings. The van der Waals surface area contributed by atoms with E-state index < -0.39 is 0 Å². The SMILES string of the molecule is CCCN1CCC(CNC2=NCCN2C)CC1. The molecule has 0 amide bonds. The molecule has 2 aliphatic heterocycles. The maximum atomic E-state index is 4.47. The molecular weight excluding hydrogens is 212 g/mol. The van der Waals surface area contributed by atoms with E-state index in [4.69, 9.17) is 0 Å². The molecule has 1 N–H and O–H groups in total. The van der Waals surface area contributed by atoms with Gasteiger partial charge in [-0.15, -0.1) is 0 Å². The van der Waals surface area contributed by atoms with E-state index >= 15 is 0 Å². The summed E-state index contributed by atoms with van der Waals surface area (Å²) in [5, 5.41) is 3.51. The second-order valence-electron chi connectivity index (χ2n) is 5.29. The summed E-state index contributed by atoms with van der Waals surface area (Å²) in [6.45, 7) is 9.22. The Kier molecular flexibility index (Phi) is 4.66. The highest BCUT2D eigenvalue weighted by molar-refractivity contribution is 5.81. The van der Waals surface area contributed by atoms with Gasteiger partial charge in [0.15, 0.2) is 5.96 Å². The molecule has 0 unspecified atom stereocenters. The zero-order valence-electron chi connectivity index (χ0n) is 11.3. The number of nitrogens with one attached hydrogen (secondary N) is 1. The highest BCUT2D eigenvalue weighted by Gasteiger charge is 2.20. The third-order valence-corrected chi connectivity index (χ3v) is 3.85. The molecule has 17 heavy (non-hydrogen) atoms. The molecule has 0 spiro atoms. The number of nitrogens with zero attached hydrogens (tertiary/aromatic N) is 3. The predicted octanol–water partition coefficient (Wildman–Crippen LogP) is 0.999. The number of hydrogen-bond donors (Lipinski definition) is 1. The summed E-state index contributed by atoms with van der Waals surface area (Å²) in [6, 6.07) is 0. The average molecular weight is 238 g/mol. The summed E-state index contributed by atoms with van der Waals surface area (Å²) in [4.78, 5) is 9.27. The van der Waals surface area contributed by atoms with Gasteiger partial charge in [-0.25, -0.2) is 0 Å². The van der Waals surface area contributed by atoms with Crippen LogP contribution in [0.4, 0.5) is 0 Å². The van der Waals surface area contributed by atoms with Crippen molar-refractivity contribution in [2.75, 3.05) is 46.3 Å². The van der Waals surface area contributed by atoms with Crippen molar-refractivity contribution in [2.24, 2.45) is 10.9 Å². The third-order valence-electron chi connectivity index (χ3n) is 3.85. The lowest BCUT2D eigenvalue weighted by atomic mass is 9.97. The smallest absolute Gasteiger partial charge is 0.193 e. The number of likely N-dealkylation sites (tertiary alicyclic amines) is 1. The maximum absolute atomic E-state index is 4.47. The van der Waals surface area contributed by atoms with Crippen LogP contribution in [0.15, 0.2) is 4.99 Å². The third kappa shape index (κ3) is 3.60. The minimum Gasteiger partial charge on any atom is -0.356 e. The normalized spacial score (nSPS) is 22.9. The van der Waals surface area contributed by atoms with Crippen molar-refractivity contribution in [1.29, 1.82) is 0 Å². The molecule has 4 heteroatoms. The molecule has 2 rings (SSSR count). The van der Waals surface area contributed by atoms with Gasteiger partial charge in [-0.2, -0.15) is 0 Å². The lowest BCUT2D eigenvalue weighted by molar-refractivity contribution is 0.185. The van der Waals surface area contributed by atoms with Gasteiger partial charge in [0, 0.05) is 20.1 Å². The molecule has 0 aromatic rings. The van der Waals surface area contributed by atoms with Gasteiger partial charge in [0.2, 0.25) is 0 Å². The second kappa shape index (κ2) is 6.24. The van der Waals surface area contributed by atoms with Crippen LogP contribution in [-0.4, -0.2) is 62.1 Å². The van der Waals surface area contributed by atoms with E-state index in [1.165, 1.54) is 38.9 Å². The van der Waals surface area contributed by atoms with Crippen LogP contribution in [0.25, 0.3) is 0 Å². The second-order valence-corrected chi connectivity index (χ2v) is 5.29. The van der Waals surface area contributed by atoms with E-state index in [1.807, 2.05) is 0 Å². The average Bonchev–Trinajstić information content (AvgIpc) is 2.75. The molecule has 0 aromatic carbocycles. The van der Waals surface area contributed by atoms with Gasteiger partial charge in [0.05, 0.1) is 6.54 Å². The summed E-state index contributed by atoms with van der Waals surface area (Å²) in [6.07, 6.45) is 3.96. The van der Waals surface area contributed by atoms with Crippen LogP contribution in [0.1, 0.15) is 26.2 Å². The Morgan fingerprint density at radius 1 is 1.29 bits per heavy atom. The van der Waals surface area contributed by atoms with Gasteiger partial charge in [0.1, 0.15) is 0 Å². The van der Waals surface area contributed by atoms with Crippen LogP contribution in [0.5, 0.6) is 0 Å². The van der Waals surface area contributed by atoms with Crippen LogP contribution in [0.2, 0.25) is 0 Å². The molecule has 0 aliphatic carbocycles. The summed E-state index contributed by atoms with van der Waals surface area (Å²) >= 11 is 0. The first kappa shape index (κ1) is 12.7. The molecule has 0 aromatic heterocycles. The Hall–Kier alpha value is -0.770. The monoisotopic (exact) mass is 238 g/mol. The topological polar surface area (TPSA) is 30.9 Å². The molecule has 0 bridgehead atoms. The van der Waals surface area contributed by atoms with Gasteiger partial charge < -0.3 is 15.1 Å². The molecule has 0 radical (unpaired) electrons. The number of aliphatic imine (C=N–C) groups is 1. The van der Waals surface area contributed by atoms with Crippen LogP contribution in [-0.2, 0) is 0 Å². The first-order valence-corrected chi connectivity index (χ1v) is 7.01. The van der Waals surface area contributed by atoms with Crippen molar-refractivity contribution >= 4 is 5.96 Å². The van der Waals surface area contributed by atoms with E-state index in [0.29, 0.717) is 0 Å². The standard InChI is InChI=1S/C13H26N4/c1-3-7-17-8-4-12(5-9-17)11-15-13-14-6-10-16(13)2/h12H,3-11H2,1-2H3,(H,14,15). The highest BCUT2D eigenvalue weighted by atomic mass is 15.3. The van der Waals surface area contributed by atoms with E-state index in [0.717, 1.165) is 31.5 Å². The van der Waals surface area contributed by atoms with Crippen molar-refractivity contribution < 1.29 is 0 Å². The van der Waals surface area contributed by atoms with Gasteiger partial charge in [-0.3, -0.25) is 4.99 Å². The fourth-order valence-corrected chi connectivity index (χ4v) is 2.69. The largest absolute Gasteiger partial charge is 0.356 e. The number of piperidine rings is 1. The number of rotatable bonds is 4. The Balaban J connectivity index is 1.65. The molecule has 4 nitrogen and oxygen atoms in total. The quantitative estimate of drug-likeness (QED) is 0.793. The lowest BCUT2D eigenvalue weighted by Crippen LogP contribution is -2.42. The van der Waals surface area contributed by atoms with Gasteiger partial charge >= 0.3 is 0 Å². The summed E-state index contributed by atoms with van der Waals surface area (Å²) < 4.78 is 0. The van der Waals surface area contributed by atoms with Crippen molar-refractivity contribution in [3.05, 3.63) is 0 Å². The minimum absolute atomic E-state index is 0.833. The predicted molar refractivity (Wildman–Crippen MR) is 72.4 cm³/mol. The molecule has 2 aliphatic rings. The fraction of sp³-hybridized carbons (Fsp3) is 0.923. The zero-order valence-corrected chi connectivity index (χ0v) is 11.3. The Morgan fingerprint density at radius 3 is 2.65 bits per heavy atom. The number of guanidine groups is 1. The van der Waals surface area contributed by atoms with Crippen molar-refractivity contribution in [2.45, 2.75) is 26.2 Å². The summed E-state index contributed by atoms with van der Waals surface area (Å²) in [5.41, 5.74) is 0. The zero-order chi connectivity index (χ0) is 12.1. The lowest BCUT2D eigenvalue weighted by Gasteiger charge is -2.32. The van der Waals surface area contributed by atoms with Crippen molar-refractivity contribution in [3.8, 4) is 0 Å². The molecule has 2 heterocycles. The Bertz CT molecular complexity index is 256. The van der Waals surface area contributed by atoms with Crippen LogP contribution in [0.3, 0.4) is 0 Å². The van der Waals surface area contributed by atoms with Crippen LogP contribution in [0, 0.1) is 5.92 Å². The van der Waals surface area contributed by atoms with E-state index in [9.17, 15) is 0 Å². The fourth-order valence-electron chi connectivity index (χ4n) is 2.69. The van der Waals surface area contributed by atoms with Crippen LogP contribution < -0.4 is 5.32 Å². The molecular formula is C13H26N4. The summed E-state index contributed by atoms with van der Waals surface area (Å²) in [5.74, 6) is 1.93. The number of hydrogen-bond acceptors (Lipinski definition) is 4. The minimum atomic E-state index is 0.833. The van der Waals surface area contributed by atoms with E-state index in [2.05, 4.69) is 34.1 Å². The number of likely N-dealkylation sites (N-methyl/N-ethyl adjacent to an activating group) is 1. The Morgan fingerprint density at radius 2 is 2.06 bits per heavy atom. The maximum Gasteiger partial charge on any atom is 0.193 e. The van der Waals surface area contributed by atoms with Crippen molar-refractivity contribution in [3.63, 3.8) is 0 Å². The first-order chi connectivity index (χ1) is 8.29. The highest BCUT2D eigenvalue weighted by Crippen LogP contribution is 2.16. The molecule has 98 valence electrons. The summed E-state index contributed by atoms with van der Waals surface area (Å²) in [7, 11) is 2.11. The van der Waals surface area contributed by atoms with E-state index in [-0.39, 0.29) is 0 Å². The van der Waals surface area contributed by atoms with Crippen molar-refractivity contribution in [1.82, 2.24) is 15.1 Å². The first-order valence-electron chi connectivity index (χ1n) is 7.01. The van der Waals surface area contributed by atoms with Gasteiger partial charge in [0.25, 0.3) is 0 Å². The Labute approximate surface area is 105 Å². The van der Waals surface area contributed by atoms with Gasteiger partial charge in [-0.05, 0) is 44.8 Å². The van der Waals surface area contributed by atoms with E-state index in [1.54, 1.807) is 0 Å². The van der Waals surface area contributed by atoms with Crippen LogP contribution >= 0.6 is 0 Å².